The lowest BCUT2D eigenvalue weighted by molar-refractivity contribution is -0.117. The number of amides is 1. The first-order valence-electron chi connectivity index (χ1n) is 9.48. The minimum absolute atomic E-state index is 0.0227. The maximum Gasteiger partial charge on any atom is 0.374 e. The van der Waals surface area contributed by atoms with Gasteiger partial charge < -0.3 is 14.1 Å². The predicted molar refractivity (Wildman–Crippen MR) is 107 cm³/mol. The molecule has 2 heterocycles. The van der Waals surface area contributed by atoms with Crippen molar-refractivity contribution >= 4 is 23.3 Å². The van der Waals surface area contributed by atoms with E-state index in [1.807, 2.05) is 0 Å². The van der Waals surface area contributed by atoms with Gasteiger partial charge in [-0.1, -0.05) is 24.3 Å². The molecule has 7 heteroatoms. The molecule has 30 heavy (non-hydrogen) atoms. The van der Waals surface area contributed by atoms with Crippen molar-refractivity contribution in [1.29, 1.82) is 0 Å². The number of nitrogens with zero attached hydrogens (tertiary/aromatic N) is 1. The number of hydrogen-bond donors (Lipinski definition) is 0. The van der Waals surface area contributed by atoms with Crippen LogP contribution < -0.4 is 4.90 Å². The van der Waals surface area contributed by atoms with Gasteiger partial charge in [-0.05, 0) is 42.8 Å². The number of rotatable bonds is 6. The zero-order valence-electron chi connectivity index (χ0n) is 16.0. The summed E-state index contributed by atoms with van der Waals surface area (Å²) in [6.45, 7) is 0.139. The molecule has 0 atom stereocenters. The SMILES string of the molecule is O=C(COC(=O)c1ccc(-c2ccccc2F)o1)c1cccc(N2CCCC2=O)c1. The van der Waals surface area contributed by atoms with Gasteiger partial charge in [0, 0.05) is 24.2 Å². The minimum atomic E-state index is -0.822. The average Bonchev–Trinajstić information content (AvgIpc) is 3.41. The summed E-state index contributed by atoms with van der Waals surface area (Å²) in [6.07, 6.45) is 1.28. The number of anilines is 1. The monoisotopic (exact) mass is 407 g/mol. The van der Waals surface area contributed by atoms with Crippen molar-refractivity contribution in [2.75, 3.05) is 18.1 Å². The Morgan fingerprint density at radius 2 is 1.90 bits per heavy atom. The lowest BCUT2D eigenvalue weighted by atomic mass is 10.1. The zero-order valence-corrected chi connectivity index (χ0v) is 16.0. The van der Waals surface area contributed by atoms with Gasteiger partial charge >= 0.3 is 5.97 Å². The van der Waals surface area contributed by atoms with Gasteiger partial charge in [-0.3, -0.25) is 9.59 Å². The highest BCUT2D eigenvalue weighted by atomic mass is 19.1. The van der Waals surface area contributed by atoms with Crippen LogP contribution >= 0.6 is 0 Å². The molecule has 4 rings (SSSR count). The Bertz CT molecular complexity index is 1120. The van der Waals surface area contributed by atoms with Crippen LogP contribution in [0.3, 0.4) is 0 Å². The molecule has 3 aromatic rings. The van der Waals surface area contributed by atoms with Crippen molar-refractivity contribution in [2.24, 2.45) is 0 Å². The standard InChI is InChI=1S/C23H18FNO5/c24-18-8-2-1-7-17(18)20-10-11-21(30-20)23(28)29-14-19(26)15-5-3-6-16(13-15)25-12-4-9-22(25)27/h1-3,5-8,10-11,13H,4,9,12,14H2. The lowest BCUT2D eigenvalue weighted by Gasteiger charge is -2.16. The summed E-state index contributed by atoms with van der Waals surface area (Å²) in [5.41, 5.74) is 1.21. The number of esters is 1. The Morgan fingerprint density at radius 3 is 2.67 bits per heavy atom. The van der Waals surface area contributed by atoms with E-state index in [1.165, 1.54) is 24.3 Å². The first-order chi connectivity index (χ1) is 14.5. The van der Waals surface area contributed by atoms with Crippen molar-refractivity contribution in [3.63, 3.8) is 0 Å². The van der Waals surface area contributed by atoms with E-state index in [9.17, 15) is 18.8 Å². The van der Waals surface area contributed by atoms with Gasteiger partial charge in [0.05, 0.1) is 5.56 Å². The topological polar surface area (TPSA) is 76.8 Å². The molecule has 0 bridgehead atoms. The fourth-order valence-corrected chi connectivity index (χ4v) is 3.31. The van der Waals surface area contributed by atoms with Crippen molar-refractivity contribution in [2.45, 2.75) is 12.8 Å². The van der Waals surface area contributed by atoms with Crippen LogP contribution in [0.1, 0.15) is 33.8 Å². The Hall–Kier alpha value is -3.74. The molecular formula is C23H18FNO5. The molecule has 152 valence electrons. The smallest absolute Gasteiger partial charge is 0.374 e. The van der Waals surface area contributed by atoms with Crippen LogP contribution in [0.25, 0.3) is 11.3 Å². The average molecular weight is 407 g/mol. The first kappa shape index (κ1) is 19.6. The molecule has 0 radical (unpaired) electrons. The van der Waals surface area contributed by atoms with Gasteiger partial charge in [0.15, 0.2) is 12.4 Å². The molecule has 1 fully saturated rings. The van der Waals surface area contributed by atoms with E-state index in [2.05, 4.69) is 0 Å². The molecule has 6 nitrogen and oxygen atoms in total. The number of furan rings is 1. The molecule has 1 aliphatic heterocycles. The Labute approximate surface area is 171 Å². The third kappa shape index (κ3) is 4.00. The number of Topliss-reactive ketones (excluding diaryl/α,β-unsaturated/α-hetero) is 1. The van der Waals surface area contributed by atoms with Crippen LogP contribution in [0.4, 0.5) is 10.1 Å². The molecule has 0 N–H and O–H groups in total. The minimum Gasteiger partial charge on any atom is -0.451 e. The number of carbonyl (C=O) groups excluding carboxylic acids is 3. The van der Waals surface area contributed by atoms with E-state index in [4.69, 9.17) is 9.15 Å². The Balaban J connectivity index is 1.40. The first-order valence-corrected chi connectivity index (χ1v) is 9.48. The quantitative estimate of drug-likeness (QED) is 0.451. The Kier molecular flexibility index (Phi) is 5.43. The van der Waals surface area contributed by atoms with E-state index in [0.29, 0.717) is 24.2 Å². The number of ketones is 1. The van der Waals surface area contributed by atoms with E-state index in [0.717, 1.165) is 6.42 Å². The summed E-state index contributed by atoms with van der Waals surface area (Å²) < 4.78 is 24.3. The van der Waals surface area contributed by atoms with Gasteiger partial charge in [0.2, 0.25) is 11.7 Å². The van der Waals surface area contributed by atoms with Crippen LogP contribution in [-0.4, -0.2) is 30.8 Å². The Morgan fingerprint density at radius 1 is 1.07 bits per heavy atom. The predicted octanol–water partition coefficient (Wildman–Crippen LogP) is 4.25. The second kappa shape index (κ2) is 8.32. The van der Waals surface area contributed by atoms with Crippen molar-refractivity contribution in [3.05, 3.63) is 77.8 Å². The number of halogens is 1. The maximum atomic E-state index is 13.9. The fraction of sp³-hybridized carbons (Fsp3) is 0.174. The number of benzene rings is 2. The normalized spacial score (nSPS) is 13.5. The number of ether oxygens (including phenoxy) is 1. The summed E-state index contributed by atoms with van der Waals surface area (Å²) in [5.74, 6) is -1.62. The highest BCUT2D eigenvalue weighted by Crippen LogP contribution is 2.25. The van der Waals surface area contributed by atoms with E-state index < -0.39 is 24.2 Å². The highest BCUT2D eigenvalue weighted by Gasteiger charge is 2.23. The van der Waals surface area contributed by atoms with E-state index in [-0.39, 0.29) is 23.0 Å². The molecule has 2 aromatic carbocycles. The van der Waals surface area contributed by atoms with E-state index in [1.54, 1.807) is 41.3 Å². The van der Waals surface area contributed by atoms with E-state index >= 15 is 0 Å². The molecule has 1 aliphatic rings. The van der Waals surface area contributed by atoms with Crippen molar-refractivity contribution < 1.29 is 27.9 Å². The summed E-state index contributed by atoms with van der Waals surface area (Å²) in [7, 11) is 0. The molecule has 0 spiro atoms. The maximum absolute atomic E-state index is 13.9. The number of carbonyl (C=O) groups is 3. The third-order valence-electron chi connectivity index (χ3n) is 4.83. The third-order valence-corrected chi connectivity index (χ3v) is 4.83. The molecule has 0 saturated carbocycles. The summed E-state index contributed by atoms with van der Waals surface area (Å²) in [5, 5.41) is 0. The fourth-order valence-electron chi connectivity index (χ4n) is 3.31. The van der Waals surface area contributed by atoms with Gasteiger partial charge in [0.25, 0.3) is 0 Å². The molecule has 0 unspecified atom stereocenters. The molecule has 0 aliphatic carbocycles. The molecule has 1 saturated heterocycles. The van der Waals surface area contributed by atoms with Crippen molar-refractivity contribution in [1.82, 2.24) is 0 Å². The highest BCUT2D eigenvalue weighted by molar-refractivity contribution is 6.01. The van der Waals surface area contributed by atoms with Gasteiger partial charge in [0.1, 0.15) is 11.6 Å². The second-order valence-corrected chi connectivity index (χ2v) is 6.84. The zero-order chi connectivity index (χ0) is 21.1. The molecular weight excluding hydrogens is 389 g/mol. The lowest BCUT2D eigenvalue weighted by Crippen LogP contribution is -2.24. The number of hydrogen-bond acceptors (Lipinski definition) is 5. The molecule has 1 amide bonds. The van der Waals surface area contributed by atoms with Crippen LogP contribution in [0.2, 0.25) is 0 Å². The summed E-state index contributed by atoms with van der Waals surface area (Å²) in [4.78, 5) is 38.2. The summed E-state index contributed by atoms with van der Waals surface area (Å²) >= 11 is 0. The second-order valence-electron chi connectivity index (χ2n) is 6.84. The largest absolute Gasteiger partial charge is 0.451 e. The van der Waals surface area contributed by atoms with Gasteiger partial charge in [-0.15, -0.1) is 0 Å². The van der Waals surface area contributed by atoms with Crippen LogP contribution in [-0.2, 0) is 9.53 Å². The van der Waals surface area contributed by atoms with Crippen molar-refractivity contribution in [3.8, 4) is 11.3 Å². The van der Waals surface area contributed by atoms with Gasteiger partial charge in [-0.2, -0.15) is 0 Å². The summed E-state index contributed by atoms with van der Waals surface area (Å²) in [6, 6.07) is 15.5. The van der Waals surface area contributed by atoms with Crippen LogP contribution in [0.15, 0.2) is 65.1 Å². The van der Waals surface area contributed by atoms with Crippen LogP contribution in [0.5, 0.6) is 0 Å². The van der Waals surface area contributed by atoms with Gasteiger partial charge in [-0.25, -0.2) is 9.18 Å². The molecule has 1 aromatic heterocycles. The van der Waals surface area contributed by atoms with Crippen LogP contribution in [0, 0.1) is 5.82 Å².